The SMILES string of the molecule is CN(CC(=O)OCCc1ccccc1)C(=O)OOC(=O)CCc1ccccc1. The molecular formula is C21H23NO6. The third kappa shape index (κ3) is 7.90. The van der Waals surface area contributed by atoms with Gasteiger partial charge in [0.05, 0.1) is 13.0 Å². The highest BCUT2D eigenvalue weighted by molar-refractivity contribution is 5.78. The molecule has 0 unspecified atom stereocenters. The van der Waals surface area contributed by atoms with Gasteiger partial charge in [-0.1, -0.05) is 60.7 Å². The standard InChI is InChI=1S/C21H23NO6/c1-22(16-20(24)26-15-14-18-10-6-3-7-11-18)21(25)28-27-19(23)13-12-17-8-4-2-5-9-17/h2-11H,12-16H2,1H3. The van der Waals surface area contributed by atoms with Crippen molar-refractivity contribution in [3.05, 3.63) is 71.8 Å². The average Bonchev–Trinajstić information content (AvgIpc) is 2.72. The summed E-state index contributed by atoms with van der Waals surface area (Å²) in [4.78, 5) is 45.1. The molecule has 0 heterocycles. The lowest BCUT2D eigenvalue weighted by atomic mass is 10.1. The monoisotopic (exact) mass is 385 g/mol. The minimum Gasteiger partial charge on any atom is -0.464 e. The molecule has 0 radical (unpaired) electrons. The second-order valence-electron chi connectivity index (χ2n) is 6.10. The zero-order chi connectivity index (χ0) is 20.2. The van der Waals surface area contributed by atoms with Crippen molar-refractivity contribution >= 4 is 18.0 Å². The molecule has 1 amide bonds. The Balaban J connectivity index is 1.60. The predicted octanol–water partition coefficient (Wildman–Crippen LogP) is 2.93. The fourth-order valence-electron chi connectivity index (χ4n) is 2.31. The summed E-state index contributed by atoms with van der Waals surface area (Å²) >= 11 is 0. The second-order valence-corrected chi connectivity index (χ2v) is 6.10. The minimum atomic E-state index is -0.951. The van der Waals surface area contributed by atoms with E-state index in [2.05, 4.69) is 9.78 Å². The normalized spacial score (nSPS) is 10.0. The van der Waals surface area contributed by atoms with E-state index in [1.54, 1.807) is 0 Å². The molecule has 7 nitrogen and oxygen atoms in total. The Hall–Kier alpha value is -3.35. The van der Waals surface area contributed by atoms with E-state index in [1.807, 2.05) is 60.7 Å². The van der Waals surface area contributed by atoms with Crippen LogP contribution in [-0.4, -0.2) is 43.1 Å². The number of aryl methyl sites for hydroxylation is 1. The number of hydrogen-bond donors (Lipinski definition) is 0. The number of carbonyl (C=O) groups is 3. The van der Waals surface area contributed by atoms with Crippen LogP contribution in [-0.2, 0) is 36.9 Å². The Labute approximate surface area is 163 Å². The van der Waals surface area contributed by atoms with E-state index in [0.29, 0.717) is 12.8 Å². The quantitative estimate of drug-likeness (QED) is 0.395. The van der Waals surface area contributed by atoms with E-state index in [0.717, 1.165) is 16.0 Å². The van der Waals surface area contributed by atoms with E-state index in [1.165, 1.54) is 7.05 Å². The first-order valence-electron chi connectivity index (χ1n) is 8.90. The highest BCUT2D eigenvalue weighted by Crippen LogP contribution is 2.04. The van der Waals surface area contributed by atoms with Crippen LogP contribution in [0.15, 0.2) is 60.7 Å². The van der Waals surface area contributed by atoms with Crippen LogP contribution in [0.2, 0.25) is 0 Å². The van der Waals surface area contributed by atoms with Gasteiger partial charge in [-0.3, -0.25) is 9.69 Å². The summed E-state index contributed by atoms with van der Waals surface area (Å²) in [6.07, 6.45) is 0.177. The van der Waals surface area contributed by atoms with Crippen LogP contribution in [0.5, 0.6) is 0 Å². The molecule has 2 aromatic rings. The van der Waals surface area contributed by atoms with E-state index >= 15 is 0 Å². The van der Waals surface area contributed by atoms with E-state index in [9.17, 15) is 14.4 Å². The molecule has 0 aliphatic carbocycles. The number of nitrogens with zero attached hydrogens (tertiary/aromatic N) is 1. The molecular weight excluding hydrogens is 362 g/mol. The first-order valence-corrected chi connectivity index (χ1v) is 8.90. The lowest BCUT2D eigenvalue weighted by Gasteiger charge is -2.14. The van der Waals surface area contributed by atoms with Crippen LogP contribution in [0.25, 0.3) is 0 Å². The first kappa shape index (κ1) is 21.0. The number of hydrogen-bond acceptors (Lipinski definition) is 6. The molecule has 0 saturated heterocycles. The lowest BCUT2D eigenvalue weighted by molar-refractivity contribution is -0.236. The minimum absolute atomic E-state index is 0.0720. The number of carbonyl (C=O) groups excluding carboxylic acids is 3. The fourth-order valence-corrected chi connectivity index (χ4v) is 2.31. The van der Waals surface area contributed by atoms with Crippen LogP contribution < -0.4 is 0 Å². The number of rotatable bonds is 8. The maximum Gasteiger partial charge on any atom is 0.453 e. The van der Waals surface area contributed by atoms with Crippen LogP contribution in [0.1, 0.15) is 17.5 Å². The Bertz CT molecular complexity index is 763. The van der Waals surface area contributed by atoms with Crippen molar-refractivity contribution in [2.24, 2.45) is 0 Å². The van der Waals surface area contributed by atoms with Crippen molar-refractivity contribution in [3.63, 3.8) is 0 Å². The van der Waals surface area contributed by atoms with E-state index in [-0.39, 0.29) is 19.6 Å². The van der Waals surface area contributed by atoms with Gasteiger partial charge in [-0.05, 0) is 17.5 Å². The summed E-state index contributed by atoms with van der Waals surface area (Å²) in [6.45, 7) is -0.102. The Kier molecular flexibility index (Phi) is 8.52. The van der Waals surface area contributed by atoms with Crippen molar-refractivity contribution in [2.75, 3.05) is 20.2 Å². The smallest absolute Gasteiger partial charge is 0.453 e. The van der Waals surface area contributed by atoms with Gasteiger partial charge in [0.25, 0.3) is 0 Å². The van der Waals surface area contributed by atoms with Crippen LogP contribution >= 0.6 is 0 Å². The number of amides is 1. The molecule has 28 heavy (non-hydrogen) atoms. The second kappa shape index (κ2) is 11.4. The van der Waals surface area contributed by atoms with Gasteiger partial charge in [0.1, 0.15) is 6.54 Å². The molecule has 7 heteroatoms. The number of benzene rings is 2. The summed E-state index contributed by atoms with van der Waals surface area (Å²) in [5.74, 6) is -1.25. The molecule has 2 aromatic carbocycles. The Morgan fingerprint density at radius 1 is 0.786 bits per heavy atom. The summed E-state index contributed by atoms with van der Waals surface area (Å²) in [5, 5.41) is 0. The van der Waals surface area contributed by atoms with Gasteiger partial charge in [0.2, 0.25) is 0 Å². The fraction of sp³-hybridized carbons (Fsp3) is 0.286. The summed E-state index contributed by atoms with van der Waals surface area (Å²) < 4.78 is 5.08. The van der Waals surface area contributed by atoms with Crippen molar-refractivity contribution in [2.45, 2.75) is 19.3 Å². The van der Waals surface area contributed by atoms with Crippen molar-refractivity contribution in [1.82, 2.24) is 4.90 Å². The highest BCUT2D eigenvalue weighted by Gasteiger charge is 2.18. The molecule has 0 fully saturated rings. The highest BCUT2D eigenvalue weighted by atomic mass is 17.2. The molecule has 0 aliphatic heterocycles. The van der Waals surface area contributed by atoms with Crippen LogP contribution in [0.4, 0.5) is 4.79 Å². The molecule has 148 valence electrons. The zero-order valence-corrected chi connectivity index (χ0v) is 15.7. The van der Waals surface area contributed by atoms with Gasteiger partial charge in [0.15, 0.2) is 0 Å². The zero-order valence-electron chi connectivity index (χ0n) is 15.7. The van der Waals surface area contributed by atoms with Gasteiger partial charge < -0.3 is 4.74 Å². The molecule has 0 atom stereocenters. The number of likely N-dealkylation sites (N-methyl/N-ethyl adjacent to an activating group) is 1. The van der Waals surface area contributed by atoms with Gasteiger partial charge in [0, 0.05) is 13.5 Å². The van der Waals surface area contributed by atoms with Crippen molar-refractivity contribution < 1.29 is 28.9 Å². The Morgan fingerprint density at radius 3 is 1.96 bits per heavy atom. The summed E-state index contributed by atoms with van der Waals surface area (Å²) in [6, 6.07) is 19.0. The third-order valence-corrected chi connectivity index (χ3v) is 3.84. The molecule has 0 saturated carbocycles. The molecule has 0 N–H and O–H groups in total. The maximum atomic E-state index is 11.8. The van der Waals surface area contributed by atoms with Crippen LogP contribution in [0, 0.1) is 0 Å². The third-order valence-electron chi connectivity index (χ3n) is 3.84. The molecule has 0 aliphatic rings. The average molecular weight is 385 g/mol. The van der Waals surface area contributed by atoms with Gasteiger partial charge in [-0.15, -0.1) is 0 Å². The van der Waals surface area contributed by atoms with Crippen molar-refractivity contribution in [3.8, 4) is 0 Å². The van der Waals surface area contributed by atoms with Gasteiger partial charge in [-0.25, -0.2) is 19.4 Å². The largest absolute Gasteiger partial charge is 0.464 e. The number of esters is 1. The maximum absolute atomic E-state index is 11.8. The van der Waals surface area contributed by atoms with E-state index in [4.69, 9.17) is 4.74 Å². The molecule has 0 bridgehead atoms. The Morgan fingerprint density at radius 2 is 1.36 bits per heavy atom. The predicted molar refractivity (Wildman–Crippen MR) is 101 cm³/mol. The molecule has 0 spiro atoms. The summed E-state index contributed by atoms with van der Waals surface area (Å²) in [7, 11) is 1.35. The van der Waals surface area contributed by atoms with Gasteiger partial charge in [-0.2, -0.15) is 0 Å². The van der Waals surface area contributed by atoms with E-state index < -0.39 is 18.0 Å². The van der Waals surface area contributed by atoms with Crippen LogP contribution in [0.3, 0.4) is 0 Å². The topological polar surface area (TPSA) is 82.1 Å². The lowest BCUT2D eigenvalue weighted by Crippen LogP contribution is -2.34. The van der Waals surface area contributed by atoms with Crippen molar-refractivity contribution in [1.29, 1.82) is 0 Å². The number of ether oxygens (including phenoxy) is 1. The molecule has 0 aromatic heterocycles. The molecule has 2 rings (SSSR count). The first-order chi connectivity index (χ1) is 13.5. The summed E-state index contributed by atoms with van der Waals surface area (Å²) in [5.41, 5.74) is 2.02. The van der Waals surface area contributed by atoms with Gasteiger partial charge >= 0.3 is 18.0 Å².